The first kappa shape index (κ1) is 12.5. The zero-order chi connectivity index (χ0) is 11.9. The monoisotopic (exact) mass is 253 g/mol. The first-order valence-electron chi connectivity index (χ1n) is 5.86. The van der Waals surface area contributed by atoms with Gasteiger partial charge in [-0.1, -0.05) is 6.07 Å². The molecule has 0 saturated carbocycles. The maximum absolute atomic E-state index is 5.31. The number of thioether (sulfide) groups is 1. The highest BCUT2D eigenvalue weighted by Crippen LogP contribution is 2.09. The molecule has 1 saturated heterocycles. The van der Waals surface area contributed by atoms with Crippen molar-refractivity contribution in [3.05, 3.63) is 18.2 Å². The molecule has 5 nitrogen and oxygen atoms in total. The molecule has 0 bridgehead atoms. The van der Waals surface area contributed by atoms with Gasteiger partial charge in [0, 0.05) is 37.7 Å². The summed E-state index contributed by atoms with van der Waals surface area (Å²) in [6.45, 7) is 4.39. The summed E-state index contributed by atoms with van der Waals surface area (Å²) in [5.41, 5.74) is 2.54. The number of hydrazine groups is 1. The smallest absolute Gasteiger partial charge is 0.142 e. The fourth-order valence-corrected chi connectivity index (χ4v) is 2.76. The molecule has 1 aliphatic heterocycles. The summed E-state index contributed by atoms with van der Waals surface area (Å²) in [6, 6.07) is 5.72. The van der Waals surface area contributed by atoms with Crippen LogP contribution in [0.1, 0.15) is 0 Å². The molecule has 1 fully saturated rings. The number of anilines is 2. The fraction of sp³-hybridized carbons (Fsp3) is 0.545. The molecule has 0 atom stereocenters. The molecule has 4 N–H and O–H groups in total. The zero-order valence-electron chi connectivity index (χ0n) is 9.85. The molecule has 2 rings (SSSR count). The first-order valence-corrected chi connectivity index (χ1v) is 7.01. The molecule has 94 valence electrons. The Labute approximate surface area is 106 Å². The van der Waals surface area contributed by atoms with Crippen LogP contribution in [0.5, 0.6) is 0 Å². The molecule has 0 radical (unpaired) electrons. The third-order valence-electron chi connectivity index (χ3n) is 2.73. The number of nitrogen functional groups attached to an aromatic ring is 1. The SMILES string of the molecule is NNc1cccc(NCCN2CCSCC2)n1. The van der Waals surface area contributed by atoms with E-state index in [1.165, 1.54) is 24.6 Å². The molecule has 0 aromatic carbocycles. The average Bonchev–Trinajstić information content (AvgIpc) is 2.40. The third-order valence-corrected chi connectivity index (χ3v) is 3.68. The van der Waals surface area contributed by atoms with Gasteiger partial charge < -0.3 is 10.7 Å². The van der Waals surface area contributed by atoms with Gasteiger partial charge in [-0.3, -0.25) is 4.90 Å². The number of nitrogens with two attached hydrogens (primary N) is 1. The van der Waals surface area contributed by atoms with Gasteiger partial charge in [0.05, 0.1) is 0 Å². The van der Waals surface area contributed by atoms with E-state index in [1.807, 2.05) is 30.0 Å². The number of rotatable bonds is 5. The van der Waals surface area contributed by atoms with Gasteiger partial charge in [0.2, 0.25) is 0 Å². The Morgan fingerprint density at radius 1 is 1.29 bits per heavy atom. The van der Waals surface area contributed by atoms with E-state index in [1.54, 1.807) is 0 Å². The van der Waals surface area contributed by atoms with Gasteiger partial charge in [-0.2, -0.15) is 11.8 Å². The second kappa shape index (κ2) is 6.68. The van der Waals surface area contributed by atoms with Crippen LogP contribution >= 0.6 is 11.8 Å². The van der Waals surface area contributed by atoms with Gasteiger partial charge in [0.1, 0.15) is 11.6 Å². The number of nitrogens with one attached hydrogen (secondary N) is 2. The van der Waals surface area contributed by atoms with E-state index < -0.39 is 0 Å². The predicted molar refractivity (Wildman–Crippen MR) is 74.3 cm³/mol. The molecule has 0 aliphatic carbocycles. The Hall–Kier alpha value is -0.980. The minimum Gasteiger partial charge on any atom is -0.369 e. The van der Waals surface area contributed by atoms with Crippen LogP contribution in [0.25, 0.3) is 0 Å². The highest BCUT2D eigenvalue weighted by molar-refractivity contribution is 7.99. The van der Waals surface area contributed by atoms with E-state index in [4.69, 9.17) is 5.84 Å². The van der Waals surface area contributed by atoms with Crippen molar-refractivity contribution in [3.8, 4) is 0 Å². The van der Waals surface area contributed by atoms with Crippen molar-refractivity contribution in [2.24, 2.45) is 5.84 Å². The fourth-order valence-electron chi connectivity index (χ4n) is 1.78. The molecular formula is C11H19N5S. The largest absolute Gasteiger partial charge is 0.369 e. The molecule has 0 unspecified atom stereocenters. The molecule has 1 aromatic rings. The zero-order valence-corrected chi connectivity index (χ0v) is 10.7. The van der Waals surface area contributed by atoms with Crippen molar-refractivity contribution in [1.82, 2.24) is 9.88 Å². The van der Waals surface area contributed by atoms with Crippen molar-refractivity contribution in [2.45, 2.75) is 0 Å². The van der Waals surface area contributed by atoms with Crippen LogP contribution < -0.4 is 16.6 Å². The number of hydrogen-bond donors (Lipinski definition) is 3. The molecule has 0 spiro atoms. The number of aromatic nitrogens is 1. The summed E-state index contributed by atoms with van der Waals surface area (Å²) in [6.07, 6.45) is 0. The molecule has 0 amide bonds. The van der Waals surface area contributed by atoms with Crippen LogP contribution in [0.2, 0.25) is 0 Å². The number of pyridine rings is 1. The summed E-state index contributed by atoms with van der Waals surface area (Å²) < 4.78 is 0. The highest BCUT2D eigenvalue weighted by Gasteiger charge is 2.09. The minimum atomic E-state index is 0.685. The standard InChI is InChI=1S/C11H19N5S/c12-15-11-3-1-2-10(14-11)13-4-5-16-6-8-17-9-7-16/h1-3H,4-9,12H2,(H2,13,14,15). The normalized spacial score (nSPS) is 16.8. The second-order valence-corrected chi connectivity index (χ2v) is 5.16. The topological polar surface area (TPSA) is 66.2 Å². The van der Waals surface area contributed by atoms with Crippen LogP contribution in [-0.4, -0.2) is 47.6 Å². The summed E-state index contributed by atoms with van der Waals surface area (Å²) in [7, 11) is 0. The Balaban J connectivity index is 1.73. The van der Waals surface area contributed by atoms with Crippen molar-refractivity contribution in [2.75, 3.05) is 48.4 Å². The van der Waals surface area contributed by atoms with Gasteiger partial charge in [0.25, 0.3) is 0 Å². The number of hydrogen-bond acceptors (Lipinski definition) is 6. The van der Waals surface area contributed by atoms with Crippen LogP contribution in [0.3, 0.4) is 0 Å². The number of nitrogens with zero attached hydrogens (tertiary/aromatic N) is 2. The minimum absolute atomic E-state index is 0.685. The Morgan fingerprint density at radius 2 is 2.06 bits per heavy atom. The quantitative estimate of drug-likeness (QED) is 0.533. The highest BCUT2D eigenvalue weighted by atomic mass is 32.2. The Kier molecular flexibility index (Phi) is 4.90. The average molecular weight is 253 g/mol. The van der Waals surface area contributed by atoms with E-state index in [9.17, 15) is 0 Å². The van der Waals surface area contributed by atoms with Gasteiger partial charge in [-0.05, 0) is 12.1 Å². The lowest BCUT2D eigenvalue weighted by atomic mass is 10.4. The maximum Gasteiger partial charge on any atom is 0.142 e. The first-order chi connectivity index (χ1) is 8.38. The molecule has 1 aromatic heterocycles. The van der Waals surface area contributed by atoms with Crippen LogP contribution in [0, 0.1) is 0 Å². The molecule has 2 heterocycles. The summed E-state index contributed by atoms with van der Waals surface area (Å²) in [5.74, 6) is 9.38. The van der Waals surface area contributed by atoms with Crippen LogP contribution in [-0.2, 0) is 0 Å². The Morgan fingerprint density at radius 3 is 2.82 bits per heavy atom. The molecule has 6 heteroatoms. The van der Waals surface area contributed by atoms with Crippen molar-refractivity contribution >= 4 is 23.4 Å². The van der Waals surface area contributed by atoms with E-state index in [0.29, 0.717) is 5.82 Å². The summed E-state index contributed by atoms with van der Waals surface area (Å²) in [4.78, 5) is 6.78. The third kappa shape index (κ3) is 4.07. The van der Waals surface area contributed by atoms with Gasteiger partial charge in [-0.25, -0.2) is 10.8 Å². The van der Waals surface area contributed by atoms with E-state index in [2.05, 4.69) is 20.6 Å². The lowest BCUT2D eigenvalue weighted by molar-refractivity contribution is 0.314. The van der Waals surface area contributed by atoms with Crippen molar-refractivity contribution in [3.63, 3.8) is 0 Å². The Bertz CT molecular complexity index is 340. The summed E-state index contributed by atoms with van der Waals surface area (Å²) >= 11 is 2.04. The lowest BCUT2D eigenvalue weighted by Crippen LogP contribution is -2.36. The van der Waals surface area contributed by atoms with Crippen LogP contribution in [0.4, 0.5) is 11.6 Å². The summed E-state index contributed by atoms with van der Waals surface area (Å²) in [5, 5.41) is 3.31. The van der Waals surface area contributed by atoms with Crippen molar-refractivity contribution < 1.29 is 0 Å². The predicted octanol–water partition coefficient (Wildman–Crippen LogP) is 0.828. The van der Waals surface area contributed by atoms with Gasteiger partial charge in [0.15, 0.2) is 0 Å². The van der Waals surface area contributed by atoms with Gasteiger partial charge in [-0.15, -0.1) is 0 Å². The van der Waals surface area contributed by atoms with Crippen molar-refractivity contribution in [1.29, 1.82) is 0 Å². The maximum atomic E-state index is 5.31. The van der Waals surface area contributed by atoms with Gasteiger partial charge >= 0.3 is 0 Å². The second-order valence-electron chi connectivity index (χ2n) is 3.93. The lowest BCUT2D eigenvalue weighted by Gasteiger charge is -2.26. The van der Waals surface area contributed by atoms with E-state index in [0.717, 1.165) is 18.9 Å². The van der Waals surface area contributed by atoms with E-state index in [-0.39, 0.29) is 0 Å². The van der Waals surface area contributed by atoms with E-state index >= 15 is 0 Å². The molecular weight excluding hydrogens is 234 g/mol. The molecule has 17 heavy (non-hydrogen) atoms. The van der Waals surface area contributed by atoms with Crippen LogP contribution in [0.15, 0.2) is 18.2 Å². The molecule has 1 aliphatic rings.